The minimum Gasteiger partial charge on any atom is -0.320 e. The Balaban J connectivity index is 2.23. The number of nitrogens with zero attached hydrogens (tertiary/aromatic N) is 1. The molecular weight excluding hydrogens is 232 g/mol. The van der Waals surface area contributed by atoms with Crippen LogP contribution < -0.4 is 5.73 Å². The molecule has 2 aromatic rings. The molecule has 0 fully saturated rings. The van der Waals surface area contributed by atoms with Crippen LogP contribution >= 0.6 is 0 Å². The Bertz CT molecular complexity index is 529. The molecule has 2 rings (SSSR count). The van der Waals surface area contributed by atoms with Crippen molar-refractivity contribution in [3.05, 3.63) is 65.0 Å². The molecule has 0 spiro atoms. The molecule has 0 aliphatic heterocycles. The van der Waals surface area contributed by atoms with Gasteiger partial charge in [0.2, 0.25) is 0 Å². The van der Waals surface area contributed by atoms with Crippen LogP contribution in [0.2, 0.25) is 0 Å². The molecule has 0 bridgehead atoms. The third kappa shape index (κ3) is 3.65. The van der Waals surface area contributed by atoms with Gasteiger partial charge in [0.15, 0.2) is 0 Å². The standard InChI is InChI=1S/C17H22N2/c1-12(2)9-14-5-4-6-15(10-14)17(18)16-8-7-13(3)19-11-16/h4-8,10-12,17H,9,18H2,1-3H3. The molecule has 0 saturated carbocycles. The van der Waals surface area contributed by atoms with E-state index in [1.54, 1.807) is 0 Å². The topological polar surface area (TPSA) is 38.9 Å². The van der Waals surface area contributed by atoms with E-state index in [1.165, 1.54) is 5.56 Å². The van der Waals surface area contributed by atoms with Crippen LogP contribution in [-0.4, -0.2) is 4.98 Å². The first-order chi connectivity index (χ1) is 9.06. The first kappa shape index (κ1) is 13.8. The number of aryl methyl sites for hydroxylation is 1. The van der Waals surface area contributed by atoms with Crippen LogP contribution in [0.3, 0.4) is 0 Å². The average Bonchev–Trinajstić information content (AvgIpc) is 2.38. The van der Waals surface area contributed by atoms with Crippen molar-refractivity contribution in [3.63, 3.8) is 0 Å². The van der Waals surface area contributed by atoms with E-state index in [1.807, 2.05) is 19.2 Å². The predicted molar refractivity (Wildman–Crippen MR) is 80.0 cm³/mol. The highest BCUT2D eigenvalue weighted by Gasteiger charge is 2.10. The van der Waals surface area contributed by atoms with E-state index in [9.17, 15) is 0 Å². The molecule has 2 nitrogen and oxygen atoms in total. The Hall–Kier alpha value is -1.67. The van der Waals surface area contributed by atoms with E-state index in [4.69, 9.17) is 5.73 Å². The summed E-state index contributed by atoms with van der Waals surface area (Å²) in [6.07, 6.45) is 2.96. The molecule has 0 saturated heterocycles. The molecule has 1 heterocycles. The highest BCUT2D eigenvalue weighted by Crippen LogP contribution is 2.21. The van der Waals surface area contributed by atoms with Crippen molar-refractivity contribution in [3.8, 4) is 0 Å². The van der Waals surface area contributed by atoms with E-state index in [-0.39, 0.29) is 6.04 Å². The third-order valence-electron chi connectivity index (χ3n) is 3.25. The van der Waals surface area contributed by atoms with Crippen molar-refractivity contribution in [2.24, 2.45) is 11.7 Å². The van der Waals surface area contributed by atoms with E-state index in [0.717, 1.165) is 23.2 Å². The quantitative estimate of drug-likeness (QED) is 0.904. The summed E-state index contributed by atoms with van der Waals surface area (Å²) in [5.41, 5.74) is 10.9. The minimum absolute atomic E-state index is 0.0970. The highest BCUT2D eigenvalue weighted by molar-refractivity contribution is 5.33. The minimum atomic E-state index is -0.0970. The molecule has 0 amide bonds. The normalized spacial score (nSPS) is 12.7. The summed E-state index contributed by atoms with van der Waals surface area (Å²) in [5.74, 6) is 0.660. The van der Waals surface area contributed by atoms with Crippen molar-refractivity contribution in [2.75, 3.05) is 0 Å². The van der Waals surface area contributed by atoms with E-state index in [0.29, 0.717) is 5.92 Å². The van der Waals surface area contributed by atoms with Gasteiger partial charge in [-0.15, -0.1) is 0 Å². The summed E-state index contributed by atoms with van der Waals surface area (Å²) in [6, 6.07) is 12.5. The highest BCUT2D eigenvalue weighted by atomic mass is 14.7. The fraction of sp³-hybridized carbons (Fsp3) is 0.353. The average molecular weight is 254 g/mol. The predicted octanol–water partition coefficient (Wildman–Crippen LogP) is 3.64. The van der Waals surface area contributed by atoms with Gasteiger partial charge in [-0.25, -0.2) is 0 Å². The van der Waals surface area contributed by atoms with Crippen LogP contribution in [0.15, 0.2) is 42.6 Å². The first-order valence-electron chi connectivity index (χ1n) is 6.83. The molecule has 19 heavy (non-hydrogen) atoms. The van der Waals surface area contributed by atoms with Crippen LogP contribution in [0.4, 0.5) is 0 Å². The maximum Gasteiger partial charge on any atom is 0.0567 e. The summed E-state index contributed by atoms with van der Waals surface area (Å²) in [7, 11) is 0. The number of benzene rings is 1. The van der Waals surface area contributed by atoms with E-state index < -0.39 is 0 Å². The van der Waals surface area contributed by atoms with Gasteiger partial charge in [-0.3, -0.25) is 4.98 Å². The second-order valence-corrected chi connectivity index (χ2v) is 5.55. The number of pyridine rings is 1. The first-order valence-corrected chi connectivity index (χ1v) is 6.83. The number of aromatic nitrogens is 1. The zero-order valence-corrected chi connectivity index (χ0v) is 11.9. The Kier molecular flexibility index (Phi) is 4.33. The molecule has 1 aromatic carbocycles. The Morgan fingerprint density at radius 2 is 1.89 bits per heavy atom. The van der Waals surface area contributed by atoms with Crippen LogP contribution in [0.5, 0.6) is 0 Å². The molecule has 0 radical (unpaired) electrons. The maximum absolute atomic E-state index is 6.33. The van der Waals surface area contributed by atoms with Gasteiger partial charge in [0.05, 0.1) is 6.04 Å². The van der Waals surface area contributed by atoms with E-state index >= 15 is 0 Å². The van der Waals surface area contributed by atoms with Crippen LogP contribution in [0.25, 0.3) is 0 Å². The largest absolute Gasteiger partial charge is 0.320 e. The summed E-state index contributed by atoms with van der Waals surface area (Å²) in [6.45, 7) is 6.45. The summed E-state index contributed by atoms with van der Waals surface area (Å²) < 4.78 is 0. The Morgan fingerprint density at radius 3 is 2.53 bits per heavy atom. The Labute approximate surface area is 115 Å². The molecule has 2 N–H and O–H groups in total. The monoisotopic (exact) mass is 254 g/mol. The van der Waals surface area contributed by atoms with Crippen molar-refractivity contribution in [1.82, 2.24) is 4.98 Å². The van der Waals surface area contributed by atoms with E-state index in [2.05, 4.69) is 49.2 Å². The third-order valence-corrected chi connectivity index (χ3v) is 3.25. The SMILES string of the molecule is Cc1ccc(C(N)c2cccc(CC(C)C)c2)cn1. The van der Waals surface area contributed by atoms with Crippen molar-refractivity contribution < 1.29 is 0 Å². The van der Waals surface area contributed by atoms with Crippen LogP contribution in [-0.2, 0) is 6.42 Å². The van der Waals surface area contributed by atoms with Gasteiger partial charge in [-0.1, -0.05) is 44.2 Å². The summed E-state index contributed by atoms with van der Waals surface area (Å²) in [5, 5.41) is 0. The fourth-order valence-electron chi connectivity index (χ4n) is 2.24. The van der Waals surface area contributed by atoms with Gasteiger partial charge in [-0.05, 0) is 42.0 Å². The molecular formula is C17H22N2. The molecule has 0 aliphatic rings. The summed E-state index contributed by atoms with van der Waals surface area (Å²) in [4.78, 5) is 4.32. The van der Waals surface area contributed by atoms with Gasteiger partial charge in [-0.2, -0.15) is 0 Å². The Morgan fingerprint density at radius 1 is 1.11 bits per heavy atom. The molecule has 1 aromatic heterocycles. The second kappa shape index (κ2) is 5.98. The molecule has 100 valence electrons. The lowest BCUT2D eigenvalue weighted by Crippen LogP contribution is -2.12. The van der Waals surface area contributed by atoms with Crippen molar-refractivity contribution in [1.29, 1.82) is 0 Å². The summed E-state index contributed by atoms with van der Waals surface area (Å²) >= 11 is 0. The number of nitrogens with two attached hydrogens (primary N) is 1. The van der Waals surface area contributed by atoms with Gasteiger partial charge >= 0.3 is 0 Å². The molecule has 0 aliphatic carbocycles. The van der Waals surface area contributed by atoms with Gasteiger partial charge < -0.3 is 5.73 Å². The van der Waals surface area contributed by atoms with Gasteiger partial charge in [0, 0.05) is 11.9 Å². The fourth-order valence-corrected chi connectivity index (χ4v) is 2.24. The lowest BCUT2D eigenvalue weighted by Gasteiger charge is -2.14. The number of rotatable bonds is 4. The second-order valence-electron chi connectivity index (χ2n) is 5.55. The van der Waals surface area contributed by atoms with Crippen molar-refractivity contribution in [2.45, 2.75) is 33.2 Å². The number of hydrogen-bond acceptors (Lipinski definition) is 2. The smallest absolute Gasteiger partial charge is 0.0567 e. The molecule has 2 heteroatoms. The van der Waals surface area contributed by atoms with Gasteiger partial charge in [0.1, 0.15) is 0 Å². The maximum atomic E-state index is 6.33. The van der Waals surface area contributed by atoms with Gasteiger partial charge in [0.25, 0.3) is 0 Å². The lowest BCUT2D eigenvalue weighted by atomic mass is 9.96. The number of hydrogen-bond donors (Lipinski definition) is 1. The van der Waals surface area contributed by atoms with Crippen LogP contribution in [0, 0.1) is 12.8 Å². The van der Waals surface area contributed by atoms with Crippen LogP contribution in [0.1, 0.15) is 42.3 Å². The molecule has 1 atom stereocenters. The van der Waals surface area contributed by atoms with Crippen molar-refractivity contribution >= 4 is 0 Å². The zero-order valence-electron chi connectivity index (χ0n) is 11.9. The zero-order chi connectivity index (χ0) is 13.8. The molecule has 1 unspecified atom stereocenters. The lowest BCUT2D eigenvalue weighted by molar-refractivity contribution is 0.646.